The second kappa shape index (κ2) is 9.08. The number of carbonyl (C=O) groups is 3. The topological polar surface area (TPSA) is 116 Å². The standard InChI is InChI=1S/C26H32N2O8/c1-6-32-16-10-8-7-9-15(16)27-25(31)35-21-20(28(4)5)14-11-17(33-24(14)30)19-13(2)23(29)34-18(19)12-26(3)22(21)36-26/h7-11,13,17-22H,6,12H2,1-5H3,(H,27,31). The molecule has 8 atom stereocenters. The van der Waals surface area contributed by atoms with Crippen LogP contribution in [0.1, 0.15) is 27.2 Å². The van der Waals surface area contributed by atoms with E-state index in [1.54, 1.807) is 31.2 Å². The smallest absolute Gasteiger partial charge is 0.412 e. The summed E-state index contributed by atoms with van der Waals surface area (Å²) < 4.78 is 29.1. The normalized spacial score (nSPS) is 36.7. The number of para-hydroxylation sites is 2. The molecule has 3 heterocycles. The minimum absolute atomic E-state index is 0.306. The summed E-state index contributed by atoms with van der Waals surface area (Å²) in [5, 5.41) is 2.76. The van der Waals surface area contributed by atoms with Gasteiger partial charge in [0.2, 0.25) is 0 Å². The molecule has 1 N–H and O–H groups in total. The van der Waals surface area contributed by atoms with Crippen LogP contribution in [0, 0.1) is 11.8 Å². The first-order chi connectivity index (χ1) is 17.1. The highest BCUT2D eigenvalue weighted by Crippen LogP contribution is 2.51. The average Bonchev–Trinajstić information content (AvgIpc) is 3.21. The highest BCUT2D eigenvalue weighted by Gasteiger charge is 2.65. The number of carbonyl (C=O) groups excluding carboxylic acids is 3. The molecule has 10 heteroatoms. The number of amides is 1. The van der Waals surface area contributed by atoms with E-state index in [9.17, 15) is 14.4 Å². The third kappa shape index (κ3) is 4.22. The van der Waals surface area contributed by atoms with E-state index in [-0.39, 0.29) is 11.9 Å². The first-order valence-corrected chi connectivity index (χ1v) is 12.3. The first-order valence-electron chi connectivity index (χ1n) is 12.3. The monoisotopic (exact) mass is 500 g/mol. The number of rotatable bonds is 5. The fourth-order valence-electron chi connectivity index (χ4n) is 5.76. The molecular formula is C26H32N2O8. The number of hydrogen-bond acceptors (Lipinski definition) is 9. The Morgan fingerprint density at radius 3 is 2.69 bits per heavy atom. The second-order valence-electron chi connectivity index (χ2n) is 10.2. The molecule has 1 aliphatic carbocycles. The van der Waals surface area contributed by atoms with Crippen LogP contribution in [0.3, 0.4) is 0 Å². The van der Waals surface area contributed by atoms with Crippen molar-refractivity contribution in [1.29, 1.82) is 0 Å². The zero-order valence-corrected chi connectivity index (χ0v) is 21.1. The molecule has 2 saturated heterocycles. The van der Waals surface area contributed by atoms with Gasteiger partial charge in [-0.1, -0.05) is 19.1 Å². The van der Waals surface area contributed by atoms with Crippen LogP contribution in [0.25, 0.3) is 0 Å². The predicted octanol–water partition coefficient (Wildman–Crippen LogP) is 2.52. The minimum atomic E-state index is -0.826. The highest BCUT2D eigenvalue weighted by atomic mass is 16.7. The van der Waals surface area contributed by atoms with Crippen molar-refractivity contribution < 1.29 is 38.1 Å². The van der Waals surface area contributed by atoms with Gasteiger partial charge in [0.1, 0.15) is 24.1 Å². The lowest BCUT2D eigenvalue weighted by molar-refractivity contribution is -0.144. The van der Waals surface area contributed by atoms with E-state index in [2.05, 4.69) is 5.32 Å². The molecule has 0 spiro atoms. The Bertz CT molecular complexity index is 1100. The van der Waals surface area contributed by atoms with Crippen LogP contribution in [-0.2, 0) is 28.5 Å². The highest BCUT2D eigenvalue weighted by molar-refractivity contribution is 5.93. The van der Waals surface area contributed by atoms with Gasteiger partial charge in [-0.25, -0.2) is 9.59 Å². The minimum Gasteiger partial charge on any atom is -0.492 e. The van der Waals surface area contributed by atoms with Gasteiger partial charge in [-0.15, -0.1) is 0 Å². The van der Waals surface area contributed by atoms with Crippen LogP contribution in [0.2, 0.25) is 0 Å². The number of anilines is 1. The van der Waals surface area contributed by atoms with Crippen LogP contribution in [0.15, 0.2) is 35.9 Å². The summed E-state index contributed by atoms with van der Waals surface area (Å²) in [6.07, 6.45) is -0.952. The fourth-order valence-corrected chi connectivity index (χ4v) is 5.76. The lowest BCUT2D eigenvalue weighted by Gasteiger charge is -2.32. The van der Waals surface area contributed by atoms with Crippen molar-refractivity contribution in [3.8, 4) is 5.75 Å². The Balaban J connectivity index is 1.47. The molecule has 4 aliphatic rings. The number of nitrogens with zero attached hydrogens (tertiary/aromatic N) is 1. The van der Waals surface area contributed by atoms with Gasteiger partial charge >= 0.3 is 18.0 Å². The van der Waals surface area contributed by atoms with Gasteiger partial charge in [-0.2, -0.15) is 0 Å². The number of esters is 2. The van der Waals surface area contributed by atoms with Gasteiger partial charge in [-0.3, -0.25) is 15.0 Å². The molecule has 36 heavy (non-hydrogen) atoms. The maximum atomic E-state index is 13.1. The summed E-state index contributed by atoms with van der Waals surface area (Å²) in [6.45, 7) is 6.01. The molecule has 3 aliphatic heterocycles. The van der Waals surface area contributed by atoms with Crippen molar-refractivity contribution in [3.05, 3.63) is 35.9 Å². The largest absolute Gasteiger partial charge is 0.492 e. The quantitative estimate of drug-likeness (QED) is 0.370. The molecule has 1 aromatic carbocycles. The van der Waals surface area contributed by atoms with Crippen molar-refractivity contribution in [2.75, 3.05) is 26.0 Å². The molecule has 0 saturated carbocycles. The molecule has 8 unspecified atom stereocenters. The summed E-state index contributed by atoms with van der Waals surface area (Å²) in [5.41, 5.74) is 0.151. The SMILES string of the molecule is CCOc1ccccc1NC(=O)OC1C(N(C)C)C2=CC(OC2=O)C2C(CC3(C)OC13)OC(=O)C2C. The number of epoxide rings is 1. The molecule has 1 amide bonds. The van der Waals surface area contributed by atoms with E-state index in [1.807, 2.05) is 38.9 Å². The Morgan fingerprint density at radius 1 is 1.22 bits per heavy atom. The van der Waals surface area contributed by atoms with Crippen LogP contribution >= 0.6 is 0 Å². The Labute approximate surface area is 209 Å². The number of ether oxygens (including phenoxy) is 5. The molecule has 2 bridgehead atoms. The van der Waals surface area contributed by atoms with Crippen molar-refractivity contribution in [1.82, 2.24) is 4.90 Å². The van der Waals surface area contributed by atoms with Crippen LogP contribution < -0.4 is 10.1 Å². The Kier molecular flexibility index (Phi) is 6.20. The van der Waals surface area contributed by atoms with Crippen molar-refractivity contribution in [3.63, 3.8) is 0 Å². The molecule has 194 valence electrons. The maximum absolute atomic E-state index is 13.1. The van der Waals surface area contributed by atoms with E-state index in [0.29, 0.717) is 30.0 Å². The summed E-state index contributed by atoms with van der Waals surface area (Å²) >= 11 is 0. The van der Waals surface area contributed by atoms with Gasteiger partial charge in [-0.05, 0) is 46.2 Å². The van der Waals surface area contributed by atoms with Gasteiger partial charge < -0.3 is 23.7 Å². The van der Waals surface area contributed by atoms with Crippen molar-refractivity contribution in [2.24, 2.45) is 11.8 Å². The molecular weight excluding hydrogens is 468 g/mol. The van der Waals surface area contributed by atoms with E-state index in [0.717, 1.165) is 0 Å². The maximum Gasteiger partial charge on any atom is 0.412 e. The van der Waals surface area contributed by atoms with Crippen LogP contribution in [0.5, 0.6) is 5.75 Å². The van der Waals surface area contributed by atoms with Gasteiger partial charge in [0.15, 0.2) is 6.10 Å². The van der Waals surface area contributed by atoms with E-state index >= 15 is 0 Å². The third-order valence-electron chi connectivity index (χ3n) is 7.55. The number of benzene rings is 1. The number of likely N-dealkylation sites (N-methyl/N-ethyl adjacent to an activating group) is 1. The van der Waals surface area contributed by atoms with Gasteiger partial charge in [0, 0.05) is 12.3 Å². The molecule has 1 aromatic rings. The molecule has 5 rings (SSSR count). The van der Waals surface area contributed by atoms with Crippen LogP contribution in [0.4, 0.5) is 10.5 Å². The van der Waals surface area contributed by atoms with Crippen LogP contribution in [-0.4, -0.2) is 79.7 Å². The number of fused-ring (bicyclic) bond motifs is 4. The fraction of sp³-hybridized carbons (Fsp3) is 0.577. The third-order valence-corrected chi connectivity index (χ3v) is 7.55. The summed E-state index contributed by atoms with van der Waals surface area (Å²) in [7, 11) is 3.62. The zero-order chi connectivity index (χ0) is 25.8. The first kappa shape index (κ1) is 24.6. The average molecular weight is 501 g/mol. The van der Waals surface area contributed by atoms with E-state index < -0.39 is 54.0 Å². The second-order valence-corrected chi connectivity index (χ2v) is 10.2. The molecule has 0 aromatic heterocycles. The predicted molar refractivity (Wildman–Crippen MR) is 127 cm³/mol. The summed E-state index contributed by atoms with van der Waals surface area (Å²) in [6, 6.07) is 6.45. The van der Waals surface area contributed by atoms with Gasteiger partial charge in [0.05, 0.1) is 35.4 Å². The van der Waals surface area contributed by atoms with E-state index in [4.69, 9.17) is 23.7 Å². The van der Waals surface area contributed by atoms with Crippen molar-refractivity contribution >= 4 is 23.7 Å². The molecule has 10 nitrogen and oxygen atoms in total. The summed E-state index contributed by atoms with van der Waals surface area (Å²) in [5.74, 6) is -1.01. The molecule has 2 fully saturated rings. The lowest BCUT2D eigenvalue weighted by Crippen LogP contribution is -2.49. The number of nitrogens with one attached hydrogen (secondary N) is 1. The van der Waals surface area contributed by atoms with Gasteiger partial charge in [0.25, 0.3) is 0 Å². The summed E-state index contributed by atoms with van der Waals surface area (Å²) in [4.78, 5) is 40.4. The Morgan fingerprint density at radius 2 is 1.97 bits per heavy atom. The zero-order valence-electron chi connectivity index (χ0n) is 21.1. The van der Waals surface area contributed by atoms with Crippen molar-refractivity contribution in [2.45, 2.75) is 63.3 Å². The number of hydrogen-bond donors (Lipinski definition) is 1. The lowest BCUT2D eigenvalue weighted by atomic mass is 9.79. The van der Waals surface area contributed by atoms with E-state index in [1.165, 1.54) is 0 Å². The Hall–Kier alpha value is -3.11. The molecule has 0 radical (unpaired) electrons.